The normalized spacial score (nSPS) is 8.45. The van der Waals surface area contributed by atoms with E-state index in [1.54, 1.807) is 24.3 Å². The van der Waals surface area contributed by atoms with Crippen molar-refractivity contribution in [3.8, 4) is 0 Å². The lowest BCUT2D eigenvalue weighted by Gasteiger charge is -1.92. The number of benzene rings is 1. The van der Waals surface area contributed by atoms with Crippen molar-refractivity contribution in [3.05, 3.63) is 34.3 Å². The molecule has 4 heteroatoms. The van der Waals surface area contributed by atoms with Crippen LogP contribution in [0.3, 0.4) is 0 Å². The first-order chi connectivity index (χ1) is 4.70. The van der Waals surface area contributed by atoms with Crippen LogP contribution in [0.15, 0.2) is 28.7 Å². The molecule has 1 aromatic carbocycles. The Bertz CT molecular complexity index is 245. The summed E-state index contributed by atoms with van der Waals surface area (Å²) in [5.74, 6) is -0.396. The molecular formula is C7H7Br2NO. The van der Waals surface area contributed by atoms with Crippen molar-refractivity contribution in [2.24, 2.45) is 5.73 Å². The Balaban J connectivity index is 0.000001000. The molecule has 2 nitrogen and oxygen atoms in total. The molecule has 1 rings (SSSR count). The van der Waals surface area contributed by atoms with Crippen molar-refractivity contribution in [3.63, 3.8) is 0 Å². The van der Waals surface area contributed by atoms with E-state index in [-0.39, 0.29) is 17.0 Å². The number of primary amides is 1. The molecule has 0 aliphatic carbocycles. The predicted octanol–water partition coefficient (Wildman–Crippen LogP) is 2.13. The van der Waals surface area contributed by atoms with Gasteiger partial charge in [-0.2, -0.15) is 0 Å². The van der Waals surface area contributed by atoms with E-state index >= 15 is 0 Å². The standard InChI is InChI=1S/C7H6BrNO.BrH/c8-6-3-1-5(2-4-6)7(9)10;/h1-4H,(H2,9,10);1H. The molecule has 0 aromatic heterocycles. The van der Waals surface area contributed by atoms with Gasteiger partial charge in [-0.3, -0.25) is 4.79 Å². The average Bonchev–Trinajstić information content (AvgIpc) is 1.88. The van der Waals surface area contributed by atoms with Gasteiger partial charge in [0.15, 0.2) is 0 Å². The summed E-state index contributed by atoms with van der Waals surface area (Å²) in [7, 11) is 0. The van der Waals surface area contributed by atoms with Crippen molar-refractivity contribution >= 4 is 38.8 Å². The molecule has 0 unspecified atom stereocenters. The van der Waals surface area contributed by atoms with E-state index in [0.29, 0.717) is 5.56 Å². The number of nitrogens with two attached hydrogens (primary N) is 1. The van der Waals surface area contributed by atoms with Crippen LogP contribution in [0, 0.1) is 0 Å². The molecule has 0 saturated heterocycles. The van der Waals surface area contributed by atoms with E-state index in [2.05, 4.69) is 15.9 Å². The Morgan fingerprint density at radius 1 is 1.27 bits per heavy atom. The van der Waals surface area contributed by atoms with Crippen LogP contribution in [-0.2, 0) is 0 Å². The van der Waals surface area contributed by atoms with Crippen molar-refractivity contribution < 1.29 is 4.79 Å². The van der Waals surface area contributed by atoms with Gasteiger partial charge in [0, 0.05) is 10.0 Å². The average molecular weight is 281 g/mol. The molecule has 11 heavy (non-hydrogen) atoms. The zero-order chi connectivity index (χ0) is 7.56. The summed E-state index contributed by atoms with van der Waals surface area (Å²) in [6.07, 6.45) is 0. The van der Waals surface area contributed by atoms with Gasteiger partial charge in [0.1, 0.15) is 0 Å². The fraction of sp³-hybridized carbons (Fsp3) is 0. The maximum atomic E-state index is 10.5. The van der Waals surface area contributed by atoms with Gasteiger partial charge in [0.05, 0.1) is 0 Å². The van der Waals surface area contributed by atoms with E-state index in [9.17, 15) is 4.79 Å². The first-order valence-electron chi connectivity index (χ1n) is 2.75. The van der Waals surface area contributed by atoms with E-state index in [4.69, 9.17) is 5.73 Å². The van der Waals surface area contributed by atoms with Crippen LogP contribution in [0.4, 0.5) is 0 Å². The summed E-state index contributed by atoms with van der Waals surface area (Å²) in [6, 6.07) is 6.90. The fourth-order valence-electron chi connectivity index (χ4n) is 0.614. The highest BCUT2D eigenvalue weighted by molar-refractivity contribution is 9.10. The summed E-state index contributed by atoms with van der Waals surface area (Å²) in [5.41, 5.74) is 5.54. The molecule has 0 aliphatic rings. The third-order valence-electron chi connectivity index (χ3n) is 1.13. The topological polar surface area (TPSA) is 43.1 Å². The van der Waals surface area contributed by atoms with Gasteiger partial charge < -0.3 is 5.73 Å². The third kappa shape index (κ3) is 3.03. The number of hydrogen-bond acceptors (Lipinski definition) is 1. The first kappa shape index (κ1) is 10.7. The van der Waals surface area contributed by atoms with Crippen LogP contribution in [0.5, 0.6) is 0 Å². The molecule has 0 aliphatic heterocycles. The lowest BCUT2D eigenvalue weighted by atomic mass is 10.2. The van der Waals surface area contributed by atoms with Gasteiger partial charge >= 0.3 is 0 Å². The summed E-state index contributed by atoms with van der Waals surface area (Å²) in [5, 5.41) is 0. The predicted molar refractivity (Wildman–Crippen MR) is 53.0 cm³/mol. The Morgan fingerprint density at radius 2 is 1.73 bits per heavy atom. The highest BCUT2D eigenvalue weighted by Gasteiger charge is 1.96. The molecule has 60 valence electrons. The van der Waals surface area contributed by atoms with Crippen molar-refractivity contribution in [1.82, 2.24) is 0 Å². The van der Waals surface area contributed by atoms with Crippen LogP contribution in [0.1, 0.15) is 10.4 Å². The minimum absolute atomic E-state index is 0. The first-order valence-corrected chi connectivity index (χ1v) is 3.55. The van der Waals surface area contributed by atoms with Gasteiger partial charge in [-0.05, 0) is 24.3 Å². The number of carbonyl (C=O) groups is 1. The summed E-state index contributed by atoms with van der Waals surface area (Å²) >= 11 is 3.24. The van der Waals surface area contributed by atoms with Crippen LogP contribution < -0.4 is 5.73 Å². The van der Waals surface area contributed by atoms with Gasteiger partial charge in [0.25, 0.3) is 0 Å². The Hall–Kier alpha value is -0.350. The minimum atomic E-state index is -0.396. The number of halogens is 2. The maximum Gasteiger partial charge on any atom is 0.248 e. The molecule has 1 aromatic rings. The zero-order valence-corrected chi connectivity index (χ0v) is 8.88. The van der Waals surface area contributed by atoms with Gasteiger partial charge in [-0.25, -0.2) is 0 Å². The summed E-state index contributed by atoms with van der Waals surface area (Å²) in [4.78, 5) is 10.5. The van der Waals surface area contributed by atoms with Crippen LogP contribution >= 0.6 is 32.9 Å². The molecule has 0 fully saturated rings. The second kappa shape index (κ2) is 4.51. The van der Waals surface area contributed by atoms with E-state index in [1.807, 2.05) is 0 Å². The zero-order valence-electron chi connectivity index (χ0n) is 5.58. The van der Waals surface area contributed by atoms with Crippen LogP contribution in [0.2, 0.25) is 0 Å². The van der Waals surface area contributed by atoms with Crippen molar-refractivity contribution in [1.29, 1.82) is 0 Å². The second-order valence-corrected chi connectivity index (χ2v) is 2.79. The summed E-state index contributed by atoms with van der Waals surface area (Å²) < 4.78 is 0.942. The highest BCUT2D eigenvalue weighted by Crippen LogP contribution is 2.09. The smallest absolute Gasteiger partial charge is 0.248 e. The molecular weight excluding hydrogens is 274 g/mol. The Labute approximate surface area is 83.7 Å². The van der Waals surface area contributed by atoms with Gasteiger partial charge in [-0.15, -0.1) is 17.0 Å². The quantitative estimate of drug-likeness (QED) is 0.841. The van der Waals surface area contributed by atoms with Crippen molar-refractivity contribution in [2.75, 3.05) is 0 Å². The van der Waals surface area contributed by atoms with Gasteiger partial charge in [0.2, 0.25) is 5.91 Å². The van der Waals surface area contributed by atoms with Gasteiger partial charge in [-0.1, -0.05) is 15.9 Å². The minimum Gasteiger partial charge on any atom is -0.366 e. The number of amides is 1. The number of carbonyl (C=O) groups excluding carboxylic acids is 1. The largest absolute Gasteiger partial charge is 0.366 e. The van der Waals surface area contributed by atoms with E-state index < -0.39 is 5.91 Å². The van der Waals surface area contributed by atoms with E-state index in [0.717, 1.165) is 4.47 Å². The van der Waals surface area contributed by atoms with E-state index in [1.165, 1.54) is 0 Å². The number of hydrogen-bond donors (Lipinski definition) is 1. The fourth-order valence-corrected chi connectivity index (χ4v) is 0.878. The number of rotatable bonds is 1. The molecule has 0 atom stereocenters. The summed E-state index contributed by atoms with van der Waals surface area (Å²) in [6.45, 7) is 0. The Morgan fingerprint density at radius 3 is 2.09 bits per heavy atom. The van der Waals surface area contributed by atoms with Crippen molar-refractivity contribution in [2.45, 2.75) is 0 Å². The molecule has 0 heterocycles. The SMILES string of the molecule is Br.NC(=O)c1ccc(Br)cc1. The molecule has 0 spiro atoms. The monoisotopic (exact) mass is 279 g/mol. The van der Waals surface area contributed by atoms with Crippen LogP contribution in [0.25, 0.3) is 0 Å². The lowest BCUT2D eigenvalue weighted by Crippen LogP contribution is -2.10. The van der Waals surface area contributed by atoms with Crippen LogP contribution in [-0.4, -0.2) is 5.91 Å². The molecule has 0 bridgehead atoms. The highest BCUT2D eigenvalue weighted by atomic mass is 79.9. The molecule has 1 amide bonds. The Kier molecular flexibility index (Phi) is 4.37. The third-order valence-corrected chi connectivity index (χ3v) is 1.66. The molecule has 2 N–H and O–H groups in total. The molecule has 0 radical (unpaired) electrons. The second-order valence-electron chi connectivity index (χ2n) is 1.87. The molecule has 0 saturated carbocycles. The maximum absolute atomic E-state index is 10.5. The lowest BCUT2D eigenvalue weighted by molar-refractivity contribution is 0.100.